The molecular formula is C25H38. The summed E-state index contributed by atoms with van der Waals surface area (Å²) in [7, 11) is 0. The highest BCUT2D eigenvalue weighted by molar-refractivity contribution is 5.30. The molecule has 3 rings (SSSR count). The summed E-state index contributed by atoms with van der Waals surface area (Å²) in [6.45, 7) is 18.0. The van der Waals surface area contributed by atoms with Crippen molar-refractivity contribution in [2.24, 2.45) is 34.5 Å². The molecule has 0 heterocycles. The van der Waals surface area contributed by atoms with E-state index in [1.807, 2.05) is 6.08 Å². The molecule has 0 heteroatoms. The molecule has 0 saturated heterocycles. The van der Waals surface area contributed by atoms with Gasteiger partial charge in [0.1, 0.15) is 0 Å². The molecule has 6 unspecified atom stereocenters. The molecule has 3 aliphatic rings. The lowest BCUT2D eigenvalue weighted by Gasteiger charge is -2.57. The van der Waals surface area contributed by atoms with Crippen LogP contribution in [0.2, 0.25) is 0 Å². The summed E-state index contributed by atoms with van der Waals surface area (Å²) in [6.07, 6.45) is 18.4. The standard InChI is InChI=1S/C25H38/c1-7-10-19-11-12-20-22-14-13-21(18(4)9-3)25(22,6)17-15-23(20)24(19,5)16-8-2/h7-8,10,16,20-23H,1,4,9,11-15,17H2,2-3,5-6H3/b16-8-,19-10-. The first-order chi connectivity index (χ1) is 11.9. The van der Waals surface area contributed by atoms with Gasteiger partial charge in [0.05, 0.1) is 0 Å². The molecule has 0 aromatic heterocycles. The Balaban J connectivity index is 1.94. The van der Waals surface area contributed by atoms with Gasteiger partial charge in [-0.1, -0.05) is 69.4 Å². The average molecular weight is 339 g/mol. The largest absolute Gasteiger partial charge is 0.0996 e. The molecule has 0 radical (unpaired) electrons. The first kappa shape index (κ1) is 18.7. The quantitative estimate of drug-likeness (QED) is 0.465. The molecule has 3 fully saturated rings. The van der Waals surface area contributed by atoms with Gasteiger partial charge in [0.25, 0.3) is 0 Å². The molecule has 0 aromatic carbocycles. The third kappa shape index (κ3) is 2.81. The molecule has 6 atom stereocenters. The van der Waals surface area contributed by atoms with Crippen LogP contribution in [0.1, 0.15) is 72.6 Å². The Morgan fingerprint density at radius 3 is 2.56 bits per heavy atom. The van der Waals surface area contributed by atoms with Crippen LogP contribution in [-0.2, 0) is 0 Å². The molecule has 0 spiro atoms. The van der Waals surface area contributed by atoms with Gasteiger partial charge in [0, 0.05) is 5.41 Å². The van der Waals surface area contributed by atoms with Crippen LogP contribution in [0.25, 0.3) is 0 Å². The van der Waals surface area contributed by atoms with Gasteiger partial charge < -0.3 is 0 Å². The molecule has 25 heavy (non-hydrogen) atoms. The summed E-state index contributed by atoms with van der Waals surface area (Å²) in [5, 5.41) is 0. The summed E-state index contributed by atoms with van der Waals surface area (Å²) < 4.78 is 0. The summed E-state index contributed by atoms with van der Waals surface area (Å²) in [6, 6.07) is 0. The Kier molecular flexibility index (Phi) is 5.20. The second kappa shape index (κ2) is 6.93. The molecule has 0 aromatic rings. The van der Waals surface area contributed by atoms with Crippen molar-refractivity contribution in [1.29, 1.82) is 0 Å². The van der Waals surface area contributed by atoms with Gasteiger partial charge in [-0.05, 0) is 81.0 Å². The fraction of sp³-hybridized carbons (Fsp3) is 0.680. The van der Waals surface area contributed by atoms with Crippen molar-refractivity contribution in [3.63, 3.8) is 0 Å². The zero-order valence-electron chi connectivity index (χ0n) is 17.0. The molecule has 3 saturated carbocycles. The minimum atomic E-state index is 0.229. The molecule has 0 amide bonds. The molecule has 3 aliphatic carbocycles. The summed E-state index contributed by atoms with van der Waals surface area (Å²) in [4.78, 5) is 0. The molecule has 0 nitrogen and oxygen atoms in total. The summed E-state index contributed by atoms with van der Waals surface area (Å²) >= 11 is 0. The molecule has 0 aliphatic heterocycles. The third-order valence-electron chi connectivity index (χ3n) is 8.43. The second-order valence-corrected chi connectivity index (χ2v) is 9.31. The molecule has 138 valence electrons. The number of hydrogen-bond acceptors (Lipinski definition) is 0. The Labute approximate surface area is 156 Å². The van der Waals surface area contributed by atoms with Crippen LogP contribution < -0.4 is 0 Å². The first-order valence-electron chi connectivity index (χ1n) is 10.6. The van der Waals surface area contributed by atoms with Crippen molar-refractivity contribution in [2.45, 2.75) is 72.6 Å². The van der Waals surface area contributed by atoms with Gasteiger partial charge in [0.2, 0.25) is 0 Å². The zero-order chi connectivity index (χ0) is 18.2. The van der Waals surface area contributed by atoms with Crippen LogP contribution in [0.3, 0.4) is 0 Å². The average Bonchev–Trinajstić information content (AvgIpc) is 2.94. The fourth-order valence-electron chi connectivity index (χ4n) is 7.16. The highest BCUT2D eigenvalue weighted by Crippen LogP contribution is 2.66. The molecular weight excluding hydrogens is 300 g/mol. The smallest absolute Gasteiger partial charge is 0.00964 e. The van der Waals surface area contributed by atoms with E-state index in [1.165, 1.54) is 44.1 Å². The topological polar surface area (TPSA) is 0 Å². The maximum Gasteiger partial charge on any atom is 0.00964 e. The number of allylic oxidation sites excluding steroid dienone is 6. The van der Waals surface area contributed by atoms with E-state index in [9.17, 15) is 0 Å². The van der Waals surface area contributed by atoms with E-state index >= 15 is 0 Å². The third-order valence-corrected chi connectivity index (χ3v) is 8.43. The Hall–Kier alpha value is -1.04. The van der Waals surface area contributed by atoms with Crippen LogP contribution in [0.4, 0.5) is 0 Å². The predicted molar refractivity (Wildman–Crippen MR) is 110 cm³/mol. The van der Waals surface area contributed by atoms with E-state index in [2.05, 4.69) is 59.1 Å². The van der Waals surface area contributed by atoms with E-state index in [0.717, 1.165) is 30.1 Å². The van der Waals surface area contributed by atoms with Gasteiger partial charge in [-0.15, -0.1) is 0 Å². The van der Waals surface area contributed by atoms with Crippen molar-refractivity contribution in [1.82, 2.24) is 0 Å². The maximum atomic E-state index is 4.46. The van der Waals surface area contributed by atoms with E-state index < -0.39 is 0 Å². The normalized spacial score (nSPS) is 45.4. The summed E-state index contributed by atoms with van der Waals surface area (Å²) in [5.41, 5.74) is 3.86. The molecule has 0 bridgehead atoms. The highest BCUT2D eigenvalue weighted by Gasteiger charge is 2.58. The monoisotopic (exact) mass is 338 g/mol. The van der Waals surface area contributed by atoms with Gasteiger partial charge in [-0.25, -0.2) is 0 Å². The Morgan fingerprint density at radius 1 is 1.16 bits per heavy atom. The van der Waals surface area contributed by atoms with E-state index in [0.29, 0.717) is 5.41 Å². The lowest BCUT2D eigenvalue weighted by atomic mass is 9.48. The van der Waals surface area contributed by atoms with Gasteiger partial charge in [0.15, 0.2) is 0 Å². The van der Waals surface area contributed by atoms with Crippen molar-refractivity contribution < 1.29 is 0 Å². The lowest BCUT2D eigenvalue weighted by molar-refractivity contribution is -0.0277. The van der Waals surface area contributed by atoms with E-state index in [-0.39, 0.29) is 5.41 Å². The minimum Gasteiger partial charge on any atom is -0.0996 e. The zero-order valence-corrected chi connectivity index (χ0v) is 17.0. The van der Waals surface area contributed by atoms with Crippen LogP contribution in [0.5, 0.6) is 0 Å². The van der Waals surface area contributed by atoms with Crippen molar-refractivity contribution in [2.75, 3.05) is 0 Å². The van der Waals surface area contributed by atoms with Gasteiger partial charge in [-0.3, -0.25) is 0 Å². The number of hydrogen-bond donors (Lipinski definition) is 0. The lowest BCUT2D eigenvalue weighted by Crippen LogP contribution is -2.49. The number of rotatable bonds is 4. The predicted octanol–water partition coefficient (Wildman–Crippen LogP) is 7.50. The van der Waals surface area contributed by atoms with Crippen molar-refractivity contribution in [3.8, 4) is 0 Å². The van der Waals surface area contributed by atoms with Crippen molar-refractivity contribution in [3.05, 3.63) is 48.6 Å². The second-order valence-electron chi connectivity index (χ2n) is 9.31. The fourth-order valence-corrected chi connectivity index (χ4v) is 7.16. The maximum absolute atomic E-state index is 4.46. The van der Waals surface area contributed by atoms with E-state index in [4.69, 9.17) is 0 Å². The Morgan fingerprint density at radius 2 is 1.92 bits per heavy atom. The van der Waals surface area contributed by atoms with Crippen LogP contribution in [0, 0.1) is 34.5 Å². The highest BCUT2D eigenvalue weighted by atomic mass is 14.6. The number of fused-ring (bicyclic) bond motifs is 3. The van der Waals surface area contributed by atoms with Gasteiger partial charge in [-0.2, -0.15) is 0 Å². The van der Waals surface area contributed by atoms with E-state index in [1.54, 1.807) is 5.57 Å². The molecule has 0 N–H and O–H groups in total. The van der Waals surface area contributed by atoms with Crippen LogP contribution in [-0.4, -0.2) is 0 Å². The SMILES string of the molecule is C=C/C=C1/CCC2C(CCC3(C)C(C(=C)CC)CCC23)C1(C)/C=C\C. The van der Waals surface area contributed by atoms with Crippen molar-refractivity contribution >= 4 is 0 Å². The van der Waals surface area contributed by atoms with Crippen LogP contribution in [0.15, 0.2) is 48.6 Å². The summed E-state index contributed by atoms with van der Waals surface area (Å²) in [5.74, 6) is 3.35. The van der Waals surface area contributed by atoms with Gasteiger partial charge >= 0.3 is 0 Å². The Bertz CT molecular complexity index is 591. The first-order valence-corrected chi connectivity index (χ1v) is 10.6. The van der Waals surface area contributed by atoms with Crippen LogP contribution >= 0.6 is 0 Å². The minimum absolute atomic E-state index is 0.229.